The summed E-state index contributed by atoms with van der Waals surface area (Å²) >= 11 is 0. The molecule has 0 aliphatic carbocycles. The summed E-state index contributed by atoms with van der Waals surface area (Å²) in [5, 5.41) is 3.16. The van der Waals surface area contributed by atoms with Crippen LogP contribution in [0.3, 0.4) is 0 Å². The smallest absolute Gasteiger partial charge is 0.126 e. The number of nitrogens with one attached hydrogen (secondary N) is 1. The molecule has 1 aromatic carbocycles. The van der Waals surface area contributed by atoms with Gasteiger partial charge in [0.1, 0.15) is 5.75 Å². The van der Waals surface area contributed by atoms with Crippen molar-refractivity contribution in [2.75, 3.05) is 34.3 Å². The van der Waals surface area contributed by atoms with E-state index in [9.17, 15) is 0 Å². The summed E-state index contributed by atoms with van der Waals surface area (Å²) in [5.74, 6) is 1.02. The number of hydrogen-bond acceptors (Lipinski definition) is 3. The lowest BCUT2D eigenvalue weighted by Crippen LogP contribution is -2.27. The molecule has 3 heteroatoms. The summed E-state index contributed by atoms with van der Waals surface area (Å²) < 4.78 is 5.49. The first-order valence-electron chi connectivity index (χ1n) is 6.05. The molecule has 0 aromatic heterocycles. The van der Waals surface area contributed by atoms with Gasteiger partial charge in [0, 0.05) is 25.2 Å². The van der Waals surface area contributed by atoms with E-state index in [0.717, 1.165) is 25.4 Å². The maximum atomic E-state index is 5.49. The van der Waals surface area contributed by atoms with Gasteiger partial charge in [-0.1, -0.05) is 17.7 Å². The van der Waals surface area contributed by atoms with Crippen LogP contribution in [0.2, 0.25) is 0 Å². The van der Waals surface area contributed by atoms with Gasteiger partial charge in [-0.2, -0.15) is 0 Å². The van der Waals surface area contributed by atoms with E-state index in [-0.39, 0.29) is 0 Å². The van der Waals surface area contributed by atoms with E-state index < -0.39 is 0 Å². The molecule has 0 radical (unpaired) electrons. The van der Waals surface area contributed by atoms with Crippen molar-refractivity contribution < 1.29 is 4.74 Å². The van der Waals surface area contributed by atoms with Crippen LogP contribution in [0.4, 0.5) is 0 Å². The Kier molecular flexibility index (Phi) is 5.45. The van der Waals surface area contributed by atoms with Gasteiger partial charge in [0.25, 0.3) is 0 Å². The first-order chi connectivity index (χ1) is 8.08. The largest absolute Gasteiger partial charge is 0.496 e. The number of nitrogens with zero attached hydrogens (tertiary/aromatic N) is 1. The zero-order valence-corrected chi connectivity index (χ0v) is 11.6. The standard InChI is InChI=1S/C14H24N2O/c1-11-8-12(2)14(17-5)13(9-11)10-16(4)7-6-15-3/h8-9,15H,6-7,10H2,1-5H3. The highest BCUT2D eigenvalue weighted by Crippen LogP contribution is 2.25. The third-order valence-electron chi connectivity index (χ3n) is 2.88. The predicted octanol–water partition coefficient (Wildman–Crippen LogP) is 1.96. The lowest BCUT2D eigenvalue weighted by atomic mass is 10.1. The quantitative estimate of drug-likeness (QED) is 0.817. The van der Waals surface area contributed by atoms with Crippen LogP contribution in [0.15, 0.2) is 12.1 Å². The Morgan fingerprint density at radius 2 is 2.00 bits per heavy atom. The fourth-order valence-electron chi connectivity index (χ4n) is 2.12. The molecule has 0 saturated carbocycles. The van der Waals surface area contributed by atoms with Crippen LogP contribution in [0.5, 0.6) is 5.75 Å². The second kappa shape index (κ2) is 6.62. The van der Waals surface area contributed by atoms with E-state index in [1.54, 1.807) is 7.11 Å². The second-order valence-electron chi connectivity index (χ2n) is 4.62. The Morgan fingerprint density at radius 1 is 1.29 bits per heavy atom. The lowest BCUT2D eigenvalue weighted by molar-refractivity contribution is 0.318. The van der Waals surface area contributed by atoms with Crippen LogP contribution in [-0.4, -0.2) is 39.2 Å². The summed E-state index contributed by atoms with van der Waals surface area (Å²) in [5.41, 5.74) is 3.77. The van der Waals surface area contributed by atoms with Gasteiger partial charge in [-0.05, 0) is 33.5 Å². The van der Waals surface area contributed by atoms with Crippen molar-refractivity contribution in [1.82, 2.24) is 10.2 Å². The minimum absolute atomic E-state index is 0.924. The fraction of sp³-hybridized carbons (Fsp3) is 0.571. The number of aryl methyl sites for hydroxylation is 2. The van der Waals surface area contributed by atoms with Crippen molar-refractivity contribution in [3.63, 3.8) is 0 Å². The average Bonchev–Trinajstić information content (AvgIpc) is 2.25. The van der Waals surface area contributed by atoms with Gasteiger partial charge in [0.05, 0.1) is 7.11 Å². The number of methoxy groups -OCH3 is 1. The highest BCUT2D eigenvalue weighted by Gasteiger charge is 2.09. The molecule has 0 bridgehead atoms. The SMILES string of the molecule is CNCCN(C)Cc1cc(C)cc(C)c1OC. The van der Waals surface area contributed by atoms with E-state index in [4.69, 9.17) is 4.74 Å². The van der Waals surface area contributed by atoms with Crippen LogP contribution in [0.1, 0.15) is 16.7 Å². The normalized spacial score (nSPS) is 10.9. The topological polar surface area (TPSA) is 24.5 Å². The van der Waals surface area contributed by atoms with Crippen molar-refractivity contribution >= 4 is 0 Å². The molecule has 0 atom stereocenters. The number of ether oxygens (including phenoxy) is 1. The number of hydrogen-bond donors (Lipinski definition) is 1. The molecule has 17 heavy (non-hydrogen) atoms. The Bertz CT molecular complexity index is 363. The van der Waals surface area contributed by atoms with E-state index in [0.29, 0.717) is 0 Å². The lowest BCUT2D eigenvalue weighted by Gasteiger charge is -2.19. The van der Waals surface area contributed by atoms with Gasteiger partial charge in [-0.25, -0.2) is 0 Å². The molecule has 0 saturated heterocycles. The van der Waals surface area contributed by atoms with Gasteiger partial charge >= 0.3 is 0 Å². The highest BCUT2D eigenvalue weighted by molar-refractivity contribution is 5.43. The third kappa shape index (κ3) is 4.02. The minimum atomic E-state index is 0.924. The van der Waals surface area contributed by atoms with Gasteiger partial charge in [0.15, 0.2) is 0 Å². The van der Waals surface area contributed by atoms with Crippen molar-refractivity contribution in [3.05, 3.63) is 28.8 Å². The molecule has 0 heterocycles. The maximum absolute atomic E-state index is 5.49. The number of rotatable bonds is 6. The molecule has 0 amide bonds. The fourth-order valence-corrected chi connectivity index (χ4v) is 2.12. The summed E-state index contributed by atoms with van der Waals surface area (Å²) in [7, 11) is 5.86. The Hall–Kier alpha value is -1.06. The molecule has 0 aliphatic rings. The highest BCUT2D eigenvalue weighted by atomic mass is 16.5. The molecule has 0 spiro atoms. The summed E-state index contributed by atoms with van der Waals surface area (Å²) in [4.78, 5) is 2.30. The first kappa shape index (κ1) is 14.0. The molecule has 0 fully saturated rings. The molecule has 0 unspecified atom stereocenters. The second-order valence-corrected chi connectivity index (χ2v) is 4.62. The van der Waals surface area contributed by atoms with Gasteiger partial charge < -0.3 is 15.0 Å². The third-order valence-corrected chi connectivity index (χ3v) is 2.88. The zero-order valence-electron chi connectivity index (χ0n) is 11.6. The van der Waals surface area contributed by atoms with E-state index in [2.05, 4.69) is 43.2 Å². The van der Waals surface area contributed by atoms with Crippen LogP contribution in [0, 0.1) is 13.8 Å². The molecular formula is C14H24N2O. The molecule has 0 aliphatic heterocycles. The minimum Gasteiger partial charge on any atom is -0.496 e. The Balaban J connectivity index is 2.81. The zero-order chi connectivity index (χ0) is 12.8. The monoisotopic (exact) mass is 236 g/mol. The van der Waals surface area contributed by atoms with Gasteiger partial charge in [0.2, 0.25) is 0 Å². The molecular weight excluding hydrogens is 212 g/mol. The van der Waals surface area contributed by atoms with E-state index in [1.807, 2.05) is 7.05 Å². The van der Waals surface area contributed by atoms with Crippen molar-refractivity contribution in [1.29, 1.82) is 0 Å². The van der Waals surface area contributed by atoms with E-state index in [1.165, 1.54) is 16.7 Å². The van der Waals surface area contributed by atoms with Gasteiger partial charge in [-0.3, -0.25) is 0 Å². The Labute approximate surface area is 105 Å². The van der Waals surface area contributed by atoms with Crippen molar-refractivity contribution in [3.8, 4) is 5.75 Å². The Morgan fingerprint density at radius 3 is 2.59 bits per heavy atom. The molecule has 1 rings (SSSR count). The number of likely N-dealkylation sites (N-methyl/N-ethyl adjacent to an activating group) is 2. The molecule has 96 valence electrons. The average molecular weight is 236 g/mol. The molecule has 1 N–H and O–H groups in total. The summed E-state index contributed by atoms with van der Waals surface area (Å²) in [6.45, 7) is 7.19. The molecule has 1 aromatic rings. The van der Waals surface area contributed by atoms with Crippen LogP contribution in [0.25, 0.3) is 0 Å². The van der Waals surface area contributed by atoms with Crippen LogP contribution >= 0.6 is 0 Å². The molecule has 3 nitrogen and oxygen atoms in total. The summed E-state index contributed by atoms with van der Waals surface area (Å²) in [6.07, 6.45) is 0. The van der Waals surface area contributed by atoms with Crippen molar-refractivity contribution in [2.24, 2.45) is 0 Å². The maximum Gasteiger partial charge on any atom is 0.126 e. The predicted molar refractivity (Wildman–Crippen MR) is 72.7 cm³/mol. The first-order valence-corrected chi connectivity index (χ1v) is 6.05. The van der Waals surface area contributed by atoms with E-state index >= 15 is 0 Å². The van der Waals surface area contributed by atoms with Crippen molar-refractivity contribution in [2.45, 2.75) is 20.4 Å². The van der Waals surface area contributed by atoms with Gasteiger partial charge in [-0.15, -0.1) is 0 Å². The van der Waals surface area contributed by atoms with Crippen LogP contribution in [-0.2, 0) is 6.54 Å². The van der Waals surface area contributed by atoms with Crippen LogP contribution < -0.4 is 10.1 Å². The summed E-state index contributed by atoms with van der Waals surface area (Å²) in [6, 6.07) is 4.37. The number of benzene rings is 1.